The molecule has 0 aliphatic rings. The predicted octanol–water partition coefficient (Wildman–Crippen LogP) is 5.22. The zero-order valence-electron chi connectivity index (χ0n) is 10.8. The van der Waals surface area contributed by atoms with Crippen molar-refractivity contribution < 1.29 is 0 Å². The number of rotatable bonds is 11. The van der Waals surface area contributed by atoms with Gasteiger partial charge in [-0.1, -0.05) is 39.5 Å². The van der Waals surface area contributed by atoms with Crippen LogP contribution in [-0.2, 0) is 0 Å². The summed E-state index contributed by atoms with van der Waals surface area (Å²) in [5.74, 6) is 2.63. The summed E-state index contributed by atoms with van der Waals surface area (Å²) in [6.07, 6.45) is 12.2. The van der Waals surface area contributed by atoms with Crippen LogP contribution >= 0.6 is 23.5 Å². The summed E-state index contributed by atoms with van der Waals surface area (Å²) in [6.45, 7) is 4.60. The fraction of sp³-hybridized carbons (Fsp3) is 1.00. The van der Waals surface area contributed by atoms with Crippen LogP contribution in [0.1, 0.15) is 58.8 Å². The van der Waals surface area contributed by atoms with Crippen LogP contribution in [-0.4, -0.2) is 23.0 Å². The third-order valence-corrected chi connectivity index (χ3v) is 4.80. The van der Waals surface area contributed by atoms with Crippen molar-refractivity contribution in [1.29, 1.82) is 0 Å². The molecule has 0 saturated carbocycles. The summed E-state index contributed by atoms with van der Waals surface area (Å²) in [4.78, 5) is 0. The van der Waals surface area contributed by atoms with Gasteiger partial charge in [0.2, 0.25) is 0 Å². The summed E-state index contributed by atoms with van der Waals surface area (Å²) < 4.78 is 0. The molecule has 2 heteroatoms. The summed E-state index contributed by atoms with van der Waals surface area (Å²) in [5, 5.41) is 0.932. The molecule has 15 heavy (non-hydrogen) atoms. The van der Waals surface area contributed by atoms with Gasteiger partial charge in [-0.3, -0.25) is 0 Å². The Balaban J connectivity index is 3.14. The SMILES string of the molecule is CCSC(CC)CCCCCCCSC. The van der Waals surface area contributed by atoms with Crippen LogP contribution in [0.15, 0.2) is 0 Å². The molecule has 0 radical (unpaired) electrons. The van der Waals surface area contributed by atoms with Gasteiger partial charge < -0.3 is 0 Å². The highest BCUT2D eigenvalue weighted by Crippen LogP contribution is 2.20. The molecule has 0 bridgehead atoms. The van der Waals surface area contributed by atoms with Gasteiger partial charge in [0.15, 0.2) is 0 Å². The largest absolute Gasteiger partial charge is 0.165 e. The second kappa shape index (κ2) is 12.8. The lowest BCUT2D eigenvalue weighted by molar-refractivity contribution is 0.593. The first-order chi connectivity index (χ1) is 7.35. The lowest BCUT2D eigenvalue weighted by atomic mass is 10.1. The molecule has 0 aliphatic heterocycles. The second-order valence-corrected chi connectivity index (χ2v) is 6.60. The van der Waals surface area contributed by atoms with Gasteiger partial charge in [0.05, 0.1) is 0 Å². The molecule has 0 fully saturated rings. The third kappa shape index (κ3) is 11.0. The van der Waals surface area contributed by atoms with Crippen LogP contribution in [0.5, 0.6) is 0 Å². The second-order valence-electron chi connectivity index (χ2n) is 4.03. The molecule has 0 nitrogen and oxygen atoms in total. The fourth-order valence-electron chi connectivity index (χ4n) is 1.79. The minimum Gasteiger partial charge on any atom is -0.165 e. The Morgan fingerprint density at radius 2 is 1.60 bits per heavy atom. The summed E-state index contributed by atoms with van der Waals surface area (Å²) in [6, 6.07) is 0. The first-order valence-electron chi connectivity index (χ1n) is 6.45. The van der Waals surface area contributed by atoms with E-state index < -0.39 is 0 Å². The highest BCUT2D eigenvalue weighted by atomic mass is 32.2. The molecule has 1 atom stereocenters. The summed E-state index contributed by atoms with van der Waals surface area (Å²) >= 11 is 4.12. The minimum absolute atomic E-state index is 0.932. The maximum absolute atomic E-state index is 2.33. The molecule has 92 valence electrons. The van der Waals surface area contributed by atoms with Crippen molar-refractivity contribution in [2.24, 2.45) is 0 Å². The highest BCUT2D eigenvalue weighted by Gasteiger charge is 2.04. The van der Waals surface area contributed by atoms with Crippen LogP contribution < -0.4 is 0 Å². The number of thioether (sulfide) groups is 2. The van der Waals surface area contributed by atoms with E-state index in [2.05, 4.69) is 31.9 Å². The van der Waals surface area contributed by atoms with E-state index in [1.54, 1.807) is 0 Å². The summed E-state index contributed by atoms with van der Waals surface area (Å²) in [7, 11) is 0. The van der Waals surface area contributed by atoms with Crippen LogP contribution in [0.25, 0.3) is 0 Å². The molecular weight excluding hydrogens is 220 g/mol. The lowest BCUT2D eigenvalue weighted by Gasteiger charge is -2.12. The molecule has 0 aromatic carbocycles. The van der Waals surface area contributed by atoms with Crippen LogP contribution in [0, 0.1) is 0 Å². The van der Waals surface area contributed by atoms with E-state index in [4.69, 9.17) is 0 Å². The van der Waals surface area contributed by atoms with Crippen molar-refractivity contribution in [2.75, 3.05) is 17.8 Å². The van der Waals surface area contributed by atoms with E-state index in [0.717, 1.165) is 5.25 Å². The Labute approximate surface area is 105 Å². The lowest BCUT2D eigenvalue weighted by Crippen LogP contribution is -2.00. The van der Waals surface area contributed by atoms with Crippen molar-refractivity contribution >= 4 is 23.5 Å². The van der Waals surface area contributed by atoms with Crippen molar-refractivity contribution in [3.05, 3.63) is 0 Å². The molecule has 0 amide bonds. The molecule has 0 aliphatic carbocycles. The van der Waals surface area contributed by atoms with E-state index in [-0.39, 0.29) is 0 Å². The number of unbranched alkanes of at least 4 members (excludes halogenated alkanes) is 4. The van der Waals surface area contributed by atoms with Crippen molar-refractivity contribution in [2.45, 2.75) is 64.0 Å². The Bertz CT molecular complexity index is 115. The molecule has 0 spiro atoms. The van der Waals surface area contributed by atoms with Gasteiger partial charge >= 0.3 is 0 Å². The van der Waals surface area contributed by atoms with E-state index >= 15 is 0 Å². The Hall–Kier alpha value is 0.700. The molecule has 0 rings (SSSR count). The van der Waals surface area contributed by atoms with E-state index in [1.165, 1.54) is 56.5 Å². The first-order valence-corrected chi connectivity index (χ1v) is 8.89. The maximum Gasteiger partial charge on any atom is 0.00443 e. The van der Waals surface area contributed by atoms with Gasteiger partial charge in [-0.25, -0.2) is 0 Å². The van der Waals surface area contributed by atoms with E-state index in [0.29, 0.717) is 0 Å². The zero-order chi connectivity index (χ0) is 11.4. The van der Waals surface area contributed by atoms with E-state index in [1.807, 2.05) is 11.8 Å². The van der Waals surface area contributed by atoms with Crippen LogP contribution in [0.2, 0.25) is 0 Å². The third-order valence-electron chi connectivity index (χ3n) is 2.73. The monoisotopic (exact) mass is 248 g/mol. The highest BCUT2D eigenvalue weighted by molar-refractivity contribution is 7.99. The number of hydrogen-bond donors (Lipinski definition) is 0. The summed E-state index contributed by atoms with van der Waals surface area (Å²) in [5.41, 5.74) is 0. The molecule has 0 aromatic heterocycles. The smallest absolute Gasteiger partial charge is 0.00443 e. The van der Waals surface area contributed by atoms with Gasteiger partial charge in [0.1, 0.15) is 0 Å². The molecule has 0 saturated heterocycles. The van der Waals surface area contributed by atoms with Crippen molar-refractivity contribution in [3.8, 4) is 0 Å². The van der Waals surface area contributed by atoms with Gasteiger partial charge in [-0.15, -0.1) is 0 Å². The Kier molecular flexibility index (Phi) is 13.4. The number of hydrogen-bond acceptors (Lipinski definition) is 2. The average molecular weight is 249 g/mol. The Morgan fingerprint density at radius 3 is 2.20 bits per heavy atom. The first kappa shape index (κ1) is 15.7. The van der Waals surface area contributed by atoms with Gasteiger partial charge in [0, 0.05) is 5.25 Å². The van der Waals surface area contributed by atoms with Crippen LogP contribution in [0.3, 0.4) is 0 Å². The van der Waals surface area contributed by atoms with Crippen molar-refractivity contribution in [3.63, 3.8) is 0 Å². The molecule has 0 aromatic rings. The molecule has 0 N–H and O–H groups in total. The van der Waals surface area contributed by atoms with Gasteiger partial charge in [-0.05, 0) is 37.0 Å². The van der Waals surface area contributed by atoms with Gasteiger partial charge in [0.25, 0.3) is 0 Å². The predicted molar refractivity (Wildman–Crippen MR) is 78.3 cm³/mol. The molecule has 1 unspecified atom stereocenters. The van der Waals surface area contributed by atoms with Gasteiger partial charge in [-0.2, -0.15) is 23.5 Å². The molecule has 0 heterocycles. The minimum atomic E-state index is 0.932. The van der Waals surface area contributed by atoms with E-state index in [9.17, 15) is 0 Å². The topological polar surface area (TPSA) is 0 Å². The normalized spacial score (nSPS) is 13.0. The fourth-order valence-corrected chi connectivity index (χ4v) is 3.32. The Morgan fingerprint density at radius 1 is 0.933 bits per heavy atom. The quantitative estimate of drug-likeness (QED) is 0.460. The molecular formula is C13H28S2. The standard InChI is InChI=1S/C13H28S2/c1-4-13(15-5-2)11-9-7-6-8-10-12-14-3/h13H,4-12H2,1-3H3. The average Bonchev–Trinajstić information content (AvgIpc) is 2.26. The van der Waals surface area contributed by atoms with Crippen LogP contribution in [0.4, 0.5) is 0 Å². The maximum atomic E-state index is 2.33. The van der Waals surface area contributed by atoms with Crippen molar-refractivity contribution in [1.82, 2.24) is 0 Å². The zero-order valence-corrected chi connectivity index (χ0v) is 12.4.